The molecule has 0 aliphatic carbocycles. The number of nitrogens with one attached hydrogen (secondary N) is 1. The van der Waals surface area contributed by atoms with Gasteiger partial charge in [0.2, 0.25) is 0 Å². The molecule has 3 rings (SSSR count). The molecule has 0 amide bonds. The standard InChI is InChI=1S/C14H25NO4S/c16-20(17)9-1-2-13(11-20)15-12-3-6-19-14(10-12)4-7-18-8-5-14/h12-13,15H,1-11H2. The number of hydrogen-bond acceptors (Lipinski definition) is 5. The van der Waals surface area contributed by atoms with Crippen LogP contribution in [0.15, 0.2) is 0 Å². The van der Waals surface area contributed by atoms with Crippen molar-refractivity contribution >= 4 is 9.84 Å². The number of rotatable bonds is 2. The van der Waals surface area contributed by atoms with Crippen LogP contribution in [0.5, 0.6) is 0 Å². The molecule has 3 saturated heterocycles. The first-order valence-electron chi connectivity index (χ1n) is 7.75. The van der Waals surface area contributed by atoms with Gasteiger partial charge in [-0.1, -0.05) is 0 Å². The molecule has 20 heavy (non-hydrogen) atoms. The van der Waals surface area contributed by atoms with Gasteiger partial charge in [-0.3, -0.25) is 0 Å². The second kappa shape index (κ2) is 5.91. The Morgan fingerprint density at radius 1 is 1.05 bits per heavy atom. The molecule has 3 aliphatic heterocycles. The van der Waals surface area contributed by atoms with Crippen molar-refractivity contribution < 1.29 is 17.9 Å². The van der Waals surface area contributed by atoms with E-state index in [4.69, 9.17) is 9.47 Å². The molecule has 0 radical (unpaired) electrons. The molecule has 0 bridgehead atoms. The molecular weight excluding hydrogens is 278 g/mol. The molecule has 0 aromatic carbocycles. The summed E-state index contributed by atoms with van der Waals surface area (Å²) in [4.78, 5) is 0. The molecule has 3 fully saturated rings. The molecule has 2 unspecified atom stereocenters. The van der Waals surface area contributed by atoms with E-state index in [0.717, 1.165) is 58.3 Å². The SMILES string of the molecule is O=S1(=O)CCCC(NC2CCOC3(CCOCC3)C2)C1. The summed E-state index contributed by atoms with van der Waals surface area (Å²) in [6, 6.07) is 0.522. The van der Waals surface area contributed by atoms with Crippen LogP contribution in [-0.4, -0.2) is 57.4 Å². The fraction of sp³-hybridized carbons (Fsp3) is 1.00. The maximum Gasteiger partial charge on any atom is 0.151 e. The van der Waals surface area contributed by atoms with Crippen LogP contribution in [0.4, 0.5) is 0 Å². The molecule has 0 saturated carbocycles. The molecule has 116 valence electrons. The zero-order chi connectivity index (χ0) is 14.1. The van der Waals surface area contributed by atoms with E-state index < -0.39 is 9.84 Å². The van der Waals surface area contributed by atoms with Gasteiger partial charge in [-0.25, -0.2) is 8.42 Å². The van der Waals surface area contributed by atoms with Crippen molar-refractivity contribution in [2.75, 3.05) is 31.3 Å². The molecule has 2 atom stereocenters. The fourth-order valence-electron chi connectivity index (χ4n) is 3.75. The highest BCUT2D eigenvalue weighted by molar-refractivity contribution is 7.91. The molecular formula is C14H25NO4S. The average molecular weight is 303 g/mol. The average Bonchev–Trinajstić information content (AvgIpc) is 2.38. The van der Waals surface area contributed by atoms with Crippen molar-refractivity contribution in [2.24, 2.45) is 0 Å². The molecule has 0 aromatic rings. The topological polar surface area (TPSA) is 64.6 Å². The van der Waals surface area contributed by atoms with Crippen LogP contribution in [-0.2, 0) is 19.3 Å². The minimum Gasteiger partial charge on any atom is -0.381 e. The van der Waals surface area contributed by atoms with E-state index in [-0.39, 0.29) is 11.6 Å². The van der Waals surface area contributed by atoms with E-state index >= 15 is 0 Å². The Hall–Kier alpha value is -0.170. The predicted molar refractivity (Wildman–Crippen MR) is 76.6 cm³/mol. The van der Waals surface area contributed by atoms with Crippen LogP contribution in [0.3, 0.4) is 0 Å². The molecule has 3 aliphatic rings. The summed E-state index contributed by atoms with van der Waals surface area (Å²) in [6.07, 6.45) is 5.68. The van der Waals surface area contributed by atoms with E-state index in [1.54, 1.807) is 0 Å². The summed E-state index contributed by atoms with van der Waals surface area (Å²) in [6.45, 7) is 2.34. The van der Waals surface area contributed by atoms with Crippen LogP contribution in [0.25, 0.3) is 0 Å². The number of sulfone groups is 1. The third-order valence-corrected chi connectivity index (χ3v) is 6.65. The summed E-state index contributed by atoms with van der Waals surface area (Å²) >= 11 is 0. The van der Waals surface area contributed by atoms with Gasteiger partial charge in [0.15, 0.2) is 9.84 Å². The van der Waals surface area contributed by atoms with Gasteiger partial charge in [0.25, 0.3) is 0 Å². The van der Waals surface area contributed by atoms with Gasteiger partial charge in [-0.2, -0.15) is 0 Å². The zero-order valence-corrected chi connectivity index (χ0v) is 12.8. The summed E-state index contributed by atoms with van der Waals surface area (Å²) in [7, 11) is -2.83. The highest BCUT2D eigenvalue weighted by atomic mass is 32.2. The van der Waals surface area contributed by atoms with Crippen LogP contribution in [0, 0.1) is 0 Å². The van der Waals surface area contributed by atoms with Gasteiger partial charge in [0.1, 0.15) is 0 Å². The zero-order valence-electron chi connectivity index (χ0n) is 12.0. The lowest BCUT2D eigenvalue weighted by Crippen LogP contribution is -2.53. The first-order chi connectivity index (χ1) is 9.57. The number of ether oxygens (including phenoxy) is 2. The Morgan fingerprint density at radius 2 is 1.85 bits per heavy atom. The Balaban J connectivity index is 1.57. The monoisotopic (exact) mass is 303 g/mol. The third-order valence-electron chi connectivity index (χ3n) is 4.83. The lowest BCUT2D eigenvalue weighted by molar-refractivity contribution is -0.140. The first-order valence-corrected chi connectivity index (χ1v) is 9.57. The van der Waals surface area contributed by atoms with Gasteiger partial charge in [-0.05, 0) is 38.5 Å². The third kappa shape index (κ3) is 3.53. The quantitative estimate of drug-likeness (QED) is 0.820. The number of hydrogen-bond donors (Lipinski definition) is 1. The van der Waals surface area contributed by atoms with Crippen LogP contribution in [0.2, 0.25) is 0 Å². The van der Waals surface area contributed by atoms with Crippen LogP contribution >= 0.6 is 0 Å². The molecule has 3 heterocycles. The van der Waals surface area contributed by atoms with Gasteiger partial charge in [0.05, 0.1) is 17.1 Å². The van der Waals surface area contributed by atoms with Crippen molar-refractivity contribution in [3.8, 4) is 0 Å². The maximum atomic E-state index is 11.7. The molecule has 1 N–H and O–H groups in total. The van der Waals surface area contributed by atoms with Crippen molar-refractivity contribution in [1.29, 1.82) is 0 Å². The fourth-order valence-corrected chi connectivity index (χ4v) is 5.40. The summed E-state index contributed by atoms with van der Waals surface area (Å²) in [5.74, 6) is 0.667. The summed E-state index contributed by atoms with van der Waals surface area (Å²) in [5.41, 5.74) is -0.0261. The van der Waals surface area contributed by atoms with Gasteiger partial charge >= 0.3 is 0 Å². The van der Waals surface area contributed by atoms with E-state index in [1.807, 2.05) is 0 Å². The minimum absolute atomic E-state index is 0.0261. The predicted octanol–water partition coefficient (Wildman–Crippen LogP) is 0.881. The van der Waals surface area contributed by atoms with Crippen LogP contribution < -0.4 is 5.32 Å². The van der Waals surface area contributed by atoms with E-state index in [1.165, 1.54) is 0 Å². The van der Waals surface area contributed by atoms with Gasteiger partial charge in [0, 0.05) is 31.9 Å². The highest BCUT2D eigenvalue weighted by Crippen LogP contribution is 2.34. The van der Waals surface area contributed by atoms with Gasteiger partial charge < -0.3 is 14.8 Å². The Labute approximate surface area is 121 Å². The van der Waals surface area contributed by atoms with Crippen molar-refractivity contribution in [2.45, 2.75) is 56.2 Å². The Kier molecular flexibility index (Phi) is 4.36. The summed E-state index contributed by atoms with van der Waals surface area (Å²) < 4.78 is 34.9. The second-order valence-electron chi connectivity index (χ2n) is 6.45. The minimum atomic E-state index is -2.83. The lowest BCUT2D eigenvalue weighted by atomic mass is 9.84. The summed E-state index contributed by atoms with van der Waals surface area (Å²) in [5, 5.41) is 3.59. The lowest BCUT2D eigenvalue weighted by Gasteiger charge is -2.44. The smallest absolute Gasteiger partial charge is 0.151 e. The normalized spacial score (nSPS) is 36.8. The molecule has 0 aromatic heterocycles. The van der Waals surface area contributed by atoms with Crippen molar-refractivity contribution in [3.05, 3.63) is 0 Å². The Morgan fingerprint density at radius 3 is 2.60 bits per heavy atom. The van der Waals surface area contributed by atoms with E-state index in [9.17, 15) is 8.42 Å². The van der Waals surface area contributed by atoms with E-state index in [0.29, 0.717) is 17.5 Å². The van der Waals surface area contributed by atoms with Crippen molar-refractivity contribution in [1.82, 2.24) is 5.32 Å². The van der Waals surface area contributed by atoms with Gasteiger partial charge in [-0.15, -0.1) is 0 Å². The largest absolute Gasteiger partial charge is 0.381 e. The van der Waals surface area contributed by atoms with Crippen LogP contribution in [0.1, 0.15) is 38.5 Å². The maximum absolute atomic E-state index is 11.7. The molecule has 6 heteroatoms. The first kappa shape index (κ1) is 14.8. The second-order valence-corrected chi connectivity index (χ2v) is 8.68. The molecule has 5 nitrogen and oxygen atoms in total. The van der Waals surface area contributed by atoms with E-state index in [2.05, 4.69) is 5.32 Å². The van der Waals surface area contributed by atoms with Crippen molar-refractivity contribution in [3.63, 3.8) is 0 Å². The Bertz CT molecular complexity index is 425. The highest BCUT2D eigenvalue weighted by Gasteiger charge is 2.39. The molecule has 1 spiro atoms.